The molecule has 0 saturated heterocycles. The number of benzene rings is 10. The van der Waals surface area contributed by atoms with Crippen molar-refractivity contribution in [2.24, 2.45) is 0 Å². The standard InChI is InChI=1S/C60H48O4/c1-60(54-28-30-58(63-34-32-61)56(39-54)51-22-19-42-9-3-6-12-48(42)37-51,55-29-31-59(64-35-33-62)57(40-55)52-23-20-43-10-4-7-13-49(43)38-52)53-26-24-45(25-27-53)44-14-16-46(17-15-44)50-21-18-41-8-2-5-11-47(41)36-50/h2-31,36-40,61-62H,32-35H2,1H3. The molecule has 4 nitrogen and oxygen atoms in total. The van der Waals surface area contributed by atoms with Crippen molar-refractivity contribution in [1.29, 1.82) is 0 Å². The van der Waals surface area contributed by atoms with Gasteiger partial charge in [0.15, 0.2) is 0 Å². The third kappa shape index (κ3) is 7.90. The van der Waals surface area contributed by atoms with E-state index in [1.54, 1.807) is 0 Å². The summed E-state index contributed by atoms with van der Waals surface area (Å²) >= 11 is 0. The molecule has 0 aromatic heterocycles. The molecule has 0 aliphatic rings. The Labute approximate surface area is 374 Å². The topological polar surface area (TPSA) is 58.9 Å². The maximum absolute atomic E-state index is 9.82. The average molecular weight is 833 g/mol. The Balaban J connectivity index is 1.11. The Hall–Kier alpha value is -7.50. The predicted molar refractivity (Wildman–Crippen MR) is 264 cm³/mol. The third-order valence-electron chi connectivity index (χ3n) is 12.7. The van der Waals surface area contributed by atoms with Gasteiger partial charge in [-0.25, -0.2) is 0 Å². The van der Waals surface area contributed by atoms with E-state index in [4.69, 9.17) is 9.47 Å². The number of hydrogen-bond acceptors (Lipinski definition) is 4. The third-order valence-corrected chi connectivity index (χ3v) is 12.7. The maximum Gasteiger partial charge on any atom is 0.127 e. The van der Waals surface area contributed by atoms with Crippen LogP contribution in [0.2, 0.25) is 0 Å². The zero-order chi connectivity index (χ0) is 43.5. The van der Waals surface area contributed by atoms with Crippen LogP contribution >= 0.6 is 0 Å². The highest BCUT2D eigenvalue weighted by molar-refractivity contribution is 5.91. The molecule has 10 rings (SSSR count). The van der Waals surface area contributed by atoms with Crippen molar-refractivity contribution in [1.82, 2.24) is 0 Å². The van der Waals surface area contributed by atoms with Crippen molar-refractivity contribution < 1.29 is 19.7 Å². The van der Waals surface area contributed by atoms with Crippen LogP contribution in [-0.2, 0) is 5.41 Å². The minimum Gasteiger partial charge on any atom is -0.491 e. The number of aliphatic hydroxyl groups is 2. The number of hydrogen-bond donors (Lipinski definition) is 2. The van der Waals surface area contributed by atoms with E-state index in [1.165, 1.54) is 32.7 Å². The number of aliphatic hydroxyl groups excluding tert-OH is 2. The minimum absolute atomic E-state index is 0.0859. The van der Waals surface area contributed by atoms with E-state index in [0.717, 1.165) is 60.8 Å². The Morgan fingerprint density at radius 2 is 0.656 bits per heavy atom. The summed E-state index contributed by atoms with van der Waals surface area (Å²) in [5.41, 5.74) is 11.2. The van der Waals surface area contributed by atoms with Gasteiger partial charge in [-0.05, 0) is 132 Å². The second-order valence-electron chi connectivity index (χ2n) is 16.5. The van der Waals surface area contributed by atoms with Crippen molar-refractivity contribution in [3.8, 4) is 56.0 Å². The summed E-state index contributed by atoms with van der Waals surface area (Å²) in [7, 11) is 0. The monoisotopic (exact) mass is 832 g/mol. The molecule has 0 aliphatic carbocycles. The van der Waals surface area contributed by atoms with Crippen molar-refractivity contribution in [3.63, 3.8) is 0 Å². The second-order valence-corrected chi connectivity index (χ2v) is 16.5. The number of ether oxygens (including phenoxy) is 2. The molecule has 0 saturated carbocycles. The van der Waals surface area contributed by atoms with Gasteiger partial charge in [0, 0.05) is 16.5 Å². The van der Waals surface area contributed by atoms with E-state index in [9.17, 15) is 10.2 Å². The summed E-state index contributed by atoms with van der Waals surface area (Å²) in [4.78, 5) is 0. The van der Waals surface area contributed by atoms with Gasteiger partial charge in [0.2, 0.25) is 0 Å². The molecule has 0 radical (unpaired) electrons. The van der Waals surface area contributed by atoms with Gasteiger partial charge in [-0.1, -0.05) is 170 Å². The van der Waals surface area contributed by atoms with Gasteiger partial charge in [0.1, 0.15) is 24.7 Å². The summed E-state index contributed by atoms with van der Waals surface area (Å²) in [6.45, 7) is 2.50. The van der Waals surface area contributed by atoms with Crippen molar-refractivity contribution in [2.75, 3.05) is 26.4 Å². The van der Waals surface area contributed by atoms with E-state index in [-0.39, 0.29) is 26.4 Å². The van der Waals surface area contributed by atoms with E-state index in [2.05, 4.69) is 207 Å². The highest BCUT2D eigenvalue weighted by Gasteiger charge is 2.33. The van der Waals surface area contributed by atoms with Crippen LogP contribution < -0.4 is 9.47 Å². The first kappa shape index (κ1) is 40.6. The molecule has 0 spiro atoms. The molecule has 312 valence electrons. The summed E-state index contributed by atoms with van der Waals surface area (Å²) in [6.07, 6.45) is 0. The molecule has 0 bridgehead atoms. The molecule has 0 unspecified atom stereocenters. The SMILES string of the molecule is CC(c1ccc(-c2ccc(-c3ccc4ccccc4c3)cc2)cc1)(c1ccc(OCCO)c(-c2ccc3ccccc3c2)c1)c1ccc(OCCO)c(-c2ccc3ccccc3c2)c1. The summed E-state index contributed by atoms with van der Waals surface area (Å²) < 4.78 is 12.5. The van der Waals surface area contributed by atoms with E-state index in [0.29, 0.717) is 11.5 Å². The molecule has 2 N–H and O–H groups in total. The second kappa shape index (κ2) is 17.7. The van der Waals surface area contributed by atoms with Crippen LogP contribution in [0.5, 0.6) is 11.5 Å². The van der Waals surface area contributed by atoms with Crippen molar-refractivity contribution >= 4 is 32.3 Å². The van der Waals surface area contributed by atoms with Gasteiger partial charge >= 0.3 is 0 Å². The van der Waals surface area contributed by atoms with Gasteiger partial charge in [-0.2, -0.15) is 0 Å². The van der Waals surface area contributed by atoms with E-state index >= 15 is 0 Å². The van der Waals surface area contributed by atoms with Crippen LogP contribution in [-0.4, -0.2) is 36.6 Å². The average Bonchev–Trinajstić information content (AvgIpc) is 3.36. The maximum atomic E-state index is 9.82. The van der Waals surface area contributed by atoms with E-state index in [1.807, 2.05) is 12.1 Å². The van der Waals surface area contributed by atoms with Gasteiger partial charge in [0.05, 0.1) is 13.2 Å². The fourth-order valence-electron chi connectivity index (χ4n) is 9.13. The predicted octanol–water partition coefficient (Wildman–Crippen LogP) is 13.9. The molecule has 64 heavy (non-hydrogen) atoms. The van der Waals surface area contributed by atoms with Gasteiger partial charge < -0.3 is 19.7 Å². The highest BCUT2D eigenvalue weighted by Crippen LogP contribution is 2.46. The molecule has 0 heterocycles. The lowest BCUT2D eigenvalue weighted by Gasteiger charge is -2.33. The molecule has 0 amide bonds. The van der Waals surface area contributed by atoms with Crippen LogP contribution in [0, 0.1) is 0 Å². The minimum atomic E-state index is -0.666. The Morgan fingerprint density at radius 3 is 1.08 bits per heavy atom. The Morgan fingerprint density at radius 1 is 0.328 bits per heavy atom. The first-order valence-electron chi connectivity index (χ1n) is 21.9. The van der Waals surface area contributed by atoms with Crippen molar-refractivity contribution in [2.45, 2.75) is 12.3 Å². The number of fused-ring (bicyclic) bond motifs is 3. The first-order valence-corrected chi connectivity index (χ1v) is 21.9. The lowest BCUT2D eigenvalue weighted by molar-refractivity contribution is 0.202. The van der Waals surface area contributed by atoms with Gasteiger partial charge in [-0.15, -0.1) is 0 Å². The Kier molecular flexibility index (Phi) is 11.2. The smallest absolute Gasteiger partial charge is 0.127 e. The van der Waals surface area contributed by atoms with Crippen LogP contribution in [0.3, 0.4) is 0 Å². The van der Waals surface area contributed by atoms with Gasteiger partial charge in [-0.3, -0.25) is 0 Å². The normalized spacial score (nSPS) is 11.6. The van der Waals surface area contributed by atoms with Crippen LogP contribution in [0.25, 0.3) is 76.8 Å². The highest BCUT2D eigenvalue weighted by atomic mass is 16.5. The molecule has 0 fully saturated rings. The van der Waals surface area contributed by atoms with Crippen LogP contribution in [0.1, 0.15) is 23.6 Å². The molecular weight excluding hydrogens is 785 g/mol. The molecule has 0 atom stereocenters. The fourth-order valence-corrected chi connectivity index (χ4v) is 9.13. The largest absolute Gasteiger partial charge is 0.491 e. The molecule has 10 aromatic rings. The first-order chi connectivity index (χ1) is 31.5. The lowest BCUT2D eigenvalue weighted by Crippen LogP contribution is -2.25. The molecule has 0 aliphatic heterocycles. The number of rotatable bonds is 13. The zero-order valence-corrected chi connectivity index (χ0v) is 35.7. The zero-order valence-electron chi connectivity index (χ0n) is 35.7. The molecule has 4 heteroatoms. The quantitative estimate of drug-likeness (QED) is 0.114. The summed E-state index contributed by atoms with van der Waals surface area (Å²) in [6, 6.07) is 75.6. The van der Waals surface area contributed by atoms with Crippen LogP contribution in [0.4, 0.5) is 0 Å². The molecular formula is C60H48O4. The van der Waals surface area contributed by atoms with E-state index < -0.39 is 5.41 Å². The van der Waals surface area contributed by atoms with Gasteiger partial charge in [0.25, 0.3) is 0 Å². The summed E-state index contributed by atoms with van der Waals surface area (Å²) in [5.74, 6) is 1.42. The summed E-state index contributed by atoms with van der Waals surface area (Å²) in [5, 5.41) is 26.7. The van der Waals surface area contributed by atoms with Crippen molar-refractivity contribution in [3.05, 3.63) is 229 Å². The Bertz CT molecular complexity index is 3120. The fraction of sp³-hybridized carbons (Fsp3) is 0.100. The lowest BCUT2D eigenvalue weighted by atomic mass is 9.70. The van der Waals surface area contributed by atoms with Crippen LogP contribution in [0.15, 0.2) is 212 Å². The molecule has 10 aromatic carbocycles.